The van der Waals surface area contributed by atoms with Crippen LogP contribution in [0.25, 0.3) is 0 Å². The minimum atomic E-state index is -1.30. The van der Waals surface area contributed by atoms with Gasteiger partial charge in [0.25, 0.3) is 5.79 Å². The zero-order valence-corrected chi connectivity index (χ0v) is 20.1. The van der Waals surface area contributed by atoms with E-state index in [0.29, 0.717) is 29.7 Å². The molecule has 5 heteroatoms. The number of cyclic esters (lactones) is 1. The molecule has 0 aromatic heterocycles. The Morgan fingerprint density at radius 2 is 1.94 bits per heavy atom. The molecule has 1 N–H and O–H groups in total. The zero-order valence-electron chi connectivity index (χ0n) is 20.1. The third kappa shape index (κ3) is 5.36. The second-order valence-electron chi connectivity index (χ2n) is 9.53. The predicted octanol–water partition coefficient (Wildman–Crippen LogP) is 6.75. The molecule has 3 rings (SSSR count). The van der Waals surface area contributed by atoms with E-state index in [9.17, 15) is 14.7 Å². The Morgan fingerprint density at radius 1 is 1.19 bits per heavy atom. The van der Waals surface area contributed by atoms with E-state index in [1.165, 1.54) is 12.5 Å². The minimum absolute atomic E-state index is 0.0119. The molecule has 0 amide bonds. The van der Waals surface area contributed by atoms with Gasteiger partial charge in [-0.25, -0.2) is 4.79 Å². The number of ether oxygens (including phenoxy) is 2. The minimum Gasteiger partial charge on any atom is -0.507 e. The summed E-state index contributed by atoms with van der Waals surface area (Å²) in [4.78, 5) is 25.5. The summed E-state index contributed by atoms with van der Waals surface area (Å²) in [6, 6.07) is 1.73. The van der Waals surface area contributed by atoms with Crippen LogP contribution >= 0.6 is 0 Å². The molecule has 0 saturated heterocycles. The first-order valence-electron chi connectivity index (χ1n) is 12.3. The highest BCUT2D eigenvalue weighted by molar-refractivity contribution is 5.97. The van der Waals surface area contributed by atoms with Gasteiger partial charge in [-0.15, -0.1) is 0 Å². The summed E-state index contributed by atoms with van der Waals surface area (Å²) in [6.45, 7) is 7.78. The van der Waals surface area contributed by atoms with Crippen molar-refractivity contribution in [3.8, 4) is 11.5 Å². The smallest absolute Gasteiger partial charge is 0.345 e. The molecule has 32 heavy (non-hydrogen) atoms. The van der Waals surface area contributed by atoms with Crippen molar-refractivity contribution in [2.24, 2.45) is 0 Å². The normalized spacial score (nSPS) is 22.6. The topological polar surface area (TPSA) is 72.8 Å². The zero-order chi connectivity index (χ0) is 23.3. The number of ketones is 1. The summed E-state index contributed by atoms with van der Waals surface area (Å²) in [6.07, 6.45) is 11.0. The first-order chi connectivity index (χ1) is 15.3. The molecule has 0 bridgehead atoms. The number of unbranched alkanes of at least 4 members (excludes halogenated alkanes) is 3. The molecular weight excluding hydrogens is 404 g/mol. The van der Waals surface area contributed by atoms with Crippen molar-refractivity contribution in [3.05, 3.63) is 34.4 Å². The maximum atomic E-state index is 13.4. The van der Waals surface area contributed by atoms with Gasteiger partial charge in [0.15, 0.2) is 0 Å². The maximum absolute atomic E-state index is 13.4. The average Bonchev–Trinajstić information content (AvgIpc) is 2.71. The van der Waals surface area contributed by atoms with Gasteiger partial charge in [0, 0.05) is 17.9 Å². The highest BCUT2D eigenvalue weighted by Crippen LogP contribution is 2.49. The van der Waals surface area contributed by atoms with Gasteiger partial charge in [0.05, 0.1) is 6.42 Å². The molecule has 1 aromatic carbocycles. The molecule has 2 atom stereocenters. The molecule has 0 saturated carbocycles. The first kappa shape index (κ1) is 24.3. The summed E-state index contributed by atoms with van der Waals surface area (Å²) >= 11 is 0. The van der Waals surface area contributed by atoms with Crippen molar-refractivity contribution in [2.75, 3.05) is 0 Å². The molecule has 2 aliphatic rings. The van der Waals surface area contributed by atoms with E-state index in [2.05, 4.69) is 26.8 Å². The largest absolute Gasteiger partial charge is 0.507 e. The van der Waals surface area contributed by atoms with Crippen molar-refractivity contribution in [2.45, 2.75) is 110 Å². The van der Waals surface area contributed by atoms with Gasteiger partial charge in [-0.3, -0.25) is 4.79 Å². The van der Waals surface area contributed by atoms with Crippen LogP contribution in [0.15, 0.2) is 17.7 Å². The number of hydrogen-bond acceptors (Lipinski definition) is 5. The molecule has 0 spiro atoms. The van der Waals surface area contributed by atoms with E-state index < -0.39 is 11.8 Å². The van der Waals surface area contributed by atoms with E-state index in [-0.39, 0.29) is 23.9 Å². The molecule has 1 heterocycles. The molecule has 2 unspecified atom stereocenters. The van der Waals surface area contributed by atoms with Gasteiger partial charge >= 0.3 is 5.97 Å². The van der Waals surface area contributed by atoms with Crippen LogP contribution in [0.5, 0.6) is 11.5 Å². The van der Waals surface area contributed by atoms with Crippen molar-refractivity contribution < 1.29 is 24.2 Å². The van der Waals surface area contributed by atoms with E-state index in [1.54, 1.807) is 6.07 Å². The number of benzene rings is 1. The highest BCUT2D eigenvalue weighted by atomic mass is 16.7. The molecule has 5 nitrogen and oxygen atoms in total. The van der Waals surface area contributed by atoms with Crippen LogP contribution in [0.1, 0.15) is 119 Å². The number of carbonyl (C=O) groups excluding carboxylic acids is 2. The van der Waals surface area contributed by atoms with Crippen LogP contribution in [0, 0.1) is 0 Å². The number of phenols is 1. The van der Waals surface area contributed by atoms with Gasteiger partial charge in [-0.2, -0.15) is 0 Å². The fraction of sp³-hybridized carbons (Fsp3) is 0.630. The SMILES string of the molecule is CCCCCc1cc(O)c(C2C=C(C)CCC2)c2c1C(=O)OC(CCCC)(CC(C)=O)O2. The lowest BCUT2D eigenvalue weighted by atomic mass is 9.82. The van der Waals surface area contributed by atoms with Crippen LogP contribution in [-0.4, -0.2) is 22.6 Å². The highest BCUT2D eigenvalue weighted by Gasteiger charge is 2.46. The number of Topliss-reactive ketones (excluding diaryl/α,β-unsaturated/α-hetero) is 1. The number of rotatable bonds is 10. The van der Waals surface area contributed by atoms with Crippen molar-refractivity contribution in [3.63, 3.8) is 0 Å². The van der Waals surface area contributed by atoms with Gasteiger partial charge in [0.2, 0.25) is 0 Å². The maximum Gasteiger partial charge on any atom is 0.345 e. The Bertz CT molecular complexity index is 885. The number of esters is 1. The Labute approximate surface area is 192 Å². The number of carbonyl (C=O) groups is 2. The van der Waals surface area contributed by atoms with Crippen LogP contribution in [0.3, 0.4) is 0 Å². The van der Waals surface area contributed by atoms with E-state index in [4.69, 9.17) is 9.47 Å². The molecule has 0 fully saturated rings. The summed E-state index contributed by atoms with van der Waals surface area (Å²) in [7, 11) is 0. The second-order valence-corrected chi connectivity index (χ2v) is 9.53. The third-order valence-electron chi connectivity index (χ3n) is 6.57. The van der Waals surface area contributed by atoms with Gasteiger partial charge < -0.3 is 14.6 Å². The molecular formula is C27H38O5. The Kier molecular flexibility index (Phi) is 8.02. The second kappa shape index (κ2) is 10.5. The summed E-state index contributed by atoms with van der Waals surface area (Å²) < 4.78 is 12.4. The monoisotopic (exact) mass is 442 g/mol. The summed E-state index contributed by atoms with van der Waals surface area (Å²) in [5.41, 5.74) is 3.14. The number of fused-ring (bicyclic) bond motifs is 1. The first-order valence-corrected chi connectivity index (χ1v) is 12.3. The van der Waals surface area contributed by atoms with Crippen LogP contribution in [0.2, 0.25) is 0 Å². The number of phenolic OH excluding ortho intramolecular Hbond substituents is 1. The van der Waals surface area contributed by atoms with E-state index in [1.807, 2.05) is 0 Å². The lowest BCUT2D eigenvalue weighted by Crippen LogP contribution is -2.46. The molecule has 0 radical (unpaired) electrons. The fourth-order valence-corrected chi connectivity index (χ4v) is 5.02. The van der Waals surface area contributed by atoms with E-state index >= 15 is 0 Å². The van der Waals surface area contributed by atoms with Crippen molar-refractivity contribution in [1.29, 1.82) is 0 Å². The number of aryl methyl sites for hydroxylation is 1. The third-order valence-corrected chi connectivity index (χ3v) is 6.57. The Hall–Kier alpha value is -2.30. The van der Waals surface area contributed by atoms with E-state index in [0.717, 1.165) is 56.9 Å². The van der Waals surface area contributed by atoms with Crippen molar-refractivity contribution >= 4 is 11.8 Å². The van der Waals surface area contributed by atoms with Crippen LogP contribution in [0.4, 0.5) is 0 Å². The fourth-order valence-electron chi connectivity index (χ4n) is 5.02. The van der Waals surface area contributed by atoms with Gasteiger partial charge in [-0.1, -0.05) is 44.8 Å². The Balaban J connectivity index is 2.15. The number of hydrogen-bond donors (Lipinski definition) is 1. The predicted molar refractivity (Wildman–Crippen MR) is 125 cm³/mol. The van der Waals surface area contributed by atoms with Crippen molar-refractivity contribution in [1.82, 2.24) is 0 Å². The van der Waals surface area contributed by atoms with Crippen LogP contribution < -0.4 is 4.74 Å². The van der Waals surface area contributed by atoms with Gasteiger partial charge in [0.1, 0.15) is 22.8 Å². The number of aromatic hydroxyl groups is 1. The standard InChI is InChI=1S/C27H38O5/c1-5-7-9-12-21-16-22(29)23(20-13-10-11-18(3)15-20)25-24(21)26(30)32-27(31-25,14-8-6-2)17-19(4)28/h15-16,20,29H,5-14,17H2,1-4H3. The summed E-state index contributed by atoms with van der Waals surface area (Å²) in [5, 5.41) is 11.1. The molecule has 1 aliphatic carbocycles. The lowest BCUT2D eigenvalue weighted by Gasteiger charge is -2.39. The summed E-state index contributed by atoms with van der Waals surface area (Å²) in [5.74, 6) is -1.24. The Morgan fingerprint density at radius 3 is 2.59 bits per heavy atom. The van der Waals surface area contributed by atoms with Crippen LogP contribution in [-0.2, 0) is 16.0 Å². The molecule has 1 aliphatic heterocycles. The lowest BCUT2D eigenvalue weighted by molar-refractivity contribution is -0.169. The quantitative estimate of drug-likeness (QED) is 0.246. The number of allylic oxidation sites excluding steroid dienone is 2. The molecule has 176 valence electrons. The average molecular weight is 443 g/mol. The van der Waals surface area contributed by atoms with Gasteiger partial charge in [-0.05, 0) is 64.0 Å². The molecule has 1 aromatic rings.